The Bertz CT molecular complexity index is 527. The van der Waals surface area contributed by atoms with Crippen LogP contribution in [0.25, 0.3) is 11.4 Å². The molecule has 0 spiro atoms. The smallest absolute Gasteiger partial charge is 0.166 e. The Kier molecular flexibility index (Phi) is 2.98. The zero-order valence-electron chi connectivity index (χ0n) is 8.77. The van der Waals surface area contributed by atoms with Crippen molar-refractivity contribution < 1.29 is 4.74 Å². The number of benzene rings is 1. The molecule has 1 aromatic carbocycles. The van der Waals surface area contributed by atoms with Gasteiger partial charge in [0.25, 0.3) is 0 Å². The molecule has 6 heteroatoms. The molecular weight excluding hydrogens is 246 g/mol. The second kappa shape index (κ2) is 4.27. The molecule has 1 heterocycles. The molecule has 0 aliphatic rings. The van der Waals surface area contributed by atoms with E-state index in [1.165, 1.54) is 0 Å². The lowest BCUT2D eigenvalue weighted by molar-refractivity contribution is 0.416. The van der Waals surface area contributed by atoms with Crippen LogP contribution >= 0.6 is 11.6 Å². The third-order valence-electron chi connectivity index (χ3n) is 2.24. The maximum absolute atomic E-state index is 5.94. The molecule has 0 unspecified atom stereocenters. The summed E-state index contributed by atoms with van der Waals surface area (Å²) in [6, 6.07) is 5.32. The normalized spacial score (nSPS) is 10.4. The molecule has 2 rings (SSSR count). The van der Waals surface area contributed by atoms with Gasteiger partial charge < -0.3 is 21.9 Å². The minimum Gasteiger partial charge on any atom is -0.740 e. The van der Waals surface area contributed by atoms with Crippen LogP contribution in [0.15, 0.2) is 23.4 Å². The number of aromatic nitrogens is 3. The van der Waals surface area contributed by atoms with Crippen molar-refractivity contribution in [2.24, 2.45) is 7.05 Å². The van der Waals surface area contributed by atoms with Gasteiger partial charge in [0.15, 0.2) is 5.82 Å². The highest BCUT2D eigenvalue weighted by atomic mass is 35.5. The molecule has 0 fully saturated rings. The zero-order valence-corrected chi connectivity index (χ0v) is 10.3. The molecule has 84 valence electrons. The van der Waals surface area contributed by atoms with Crippen LogP contribution in [0.2, 0.25) is 5.02 Å². The van der Waals surface area contributed by atoms with E-state index < -0.39 is 0 Å². The lowest BCUT2D eigenvalue weighted by Crippen LogP contribution is -1.96. The van der Waals surface area contributed by atoms with Gasteiger partial charge in [0.1, 0.15) is 5.75 Å². The average Bonchev–Trinajstić information content (AvgIpc) is 2.60. The maximum Gasteiger partial charge on any atom is 0.166 e. The first-order valence-corrected chi connectivity index (χ1v) is 5.32. The van der Waals surface area contributed by atoms with Crippen LogP contribution in [-0.2, 0) is 19.7 Å². The van der Waals surface area contributed by atoms with Gasteiger partial charge in [-0.05, 0) is 18.2 Å². The molecule has 0 bridgehead atoms. The quantitative estimate of drug-likeness (QED) is 0.769. The average molecular weight is 255 g/mol. The Morgan fingerprint density at radius 1 is 1.38 bits per heavy atom. The van der Waals surface area contributed by atoms with E-state index in [2.05, 4.69) is 10.2 Å². The SMILES string of the molecule is COc1ccc(Cl)cc1-c1nnc([S-])n1C. The first-order chi connectivity index (χ1) is 7.63. The highest BCUT2D eigenvalue weighted by Crippen LogP contribution is 2.31. The van der Waals surface area contributed by atoms with Crippen molar-refractivity contribution in [2.75, 3.05) is 7.11 Å². The third-order valence-corrected chi connectivity index (χ3v) is 2.83. The van der Waals surface area contributed by atoms with Crippen LogP contribution in [0, 0.1) is 0 Å². The van der Waals surface area contributed by atoms with Crippen LogP contribution in [-0.4, -0.2) is 21.9 Å². The summed E-state index contributed by atoms with van der Waals surface area (Å²) < 4.78 is 6.96. The number of ether oxygens (including phenoxy) is 1. The van der Waals surface area contributed by atoms with Crippen molar-refractivity contribution in [1.29, 1.82) is 0 Å². The monoisotopic (exact) mass is 254 g/mol. The summed E-state index contributed by atoms with van der Waals surface area (Å²) in [6.07, 6.45) is 0. The van der Waals surface area contributed by atoms with E-state index in [0.717, 1.165) is 5.56 Å². The van der Waals surface area contributed by atoms with Gasteiger partial charge in [0.2, 0.25) is 0 Å². The number of methoxy groups -OCH3 is 1. The molecule has 2 aromatic rings. The molecule has 0 atom stereocenters. The zero-order chi connectivity index (χ0) is 11.7. The van der Waals surface area contributed by atoms with E-state index in [9.17, 15) is 0 Å². The van der Waals surface area contributed by atoms with Crippen LogP contribution in [0.5, 0.6) is 5.75 Å². The van der Waals surface area contributed by atoms with Crippen LogP contribution in [0.1, 0.15) is 0 Å². The number of hydrogen-bond acceptors (Lipinski definition) is 4. The van der Waals surface area contributed by atoms with Crippen molar-refractivity contribution in [3.05, 3.63) is 23.2 Å². The molecule has 0 saturated carbocycles. The van der Waals surface area contributed by atoms with Crippen LogP contribution in [0.3, 0.4) is 0 Å². The fraction of sp³-hybridized carbons (Fsp3) is 0.200. The lowest BCUT2D eigenvalue weighted by atomic mass is 10.2. The van der Waals surface area contributed by atoms with E-state index in [1.54, 1.807) is 36.9 Å². The molecule has 0 aliphatic heterocycles. The Hall–Kier alpha value is -1.33. The molecule has 1 aromatic heterocycles. The minimum atomic E-state index is 0.428. The molecule has 0 N–H and O–H groups in total. The predicted molar refractivity (Wildman–Crippen MR) is 63.6 cm³/mol. The Morgan fingerprint density at radius 3 is 2.69 bits per heavy atom. The van der Waals surface area contributed by atoms with E-state index in [4.69, 9.17) is 29.0 Å². The first-order valence-electron chi connectivity index (χ1n) is 4.54. The van der Waals surface area contributed by atoms with Gasteiger partial charge in [0, 0.05) is 17.2 Å². The summed E-state index contributed by atoms with van der Waals surface area (Å²) >= 11 is 10.9. The van der Waals surface area contributed by atoms with Gasteiger partial charge in [-0.25, -0.2) is 0 Å². The van der Waals surface area contributed by atoms with Gasteiger partial charge in [0.05, 0.1) is 12.7 Å². The molecule has 16 heavy (non-hydrogen) atoms. The van der Waals surface area contributed by atoms with E-state index in [0.29, 0.717) is 21.8 Å². The third kappa shape index (κ3) is 1.83. The second-order valence-electron chi connectivity index (χ2n) is 3.21. The molecule has 0 radical (unpaired) electrons. The first kappa shape index (κ1) is 11.2. The van der Waals surface area contributed by atoms with Crippen molar-refractivity contribution >= 4 is 24.2 Å². The number of hydrogen-bond donors (Lipinski definition) is 0. The fourth-order valence-electron chi connectivity index (χ4n) is 1.40. The Morgan fingerprint density at radius 2 is 2.12 bits per heavy atom. The molecule has 0 saturated heterocycles. The maximum atomic E-state index is 5.94. The minimum absolute atomic E-state index is 0.428. The number of halogens is 1. The second-order valence-corrected chi connectivity index (χ2v) is 4.01. The van der Waals surface area contributed by atoms with Crippen LogP contribution in [0.4, 0.5) is 0 Å². The van der Waals surface area contributed by atoms with Gasteiger partial charge in [-0.1, -0.05) is 11.6 Å². The summed E-state index contributed by atoms with van der Waals surface area (Å²) in [5, 5.41) is 8.88. The summed E-state index contributed by atoms with van der Waals surface area (Å²) in [7, 11) is 3.40. The van der Waals surface area contributed by atoms with E-state index in [1.807, 2.05) is 0 Å². The Balaban J connectivity index is 2.62. The van der Waals surface area contributed by atoms with E-state index in [-0.39, 0.29) is 0 Å². The predicted octanol–water partition coefficient (Wildman–Crippen LogP) is 2.05. The summed E-state index contributed by atoms with van der Waals surface area (Å²) in [4.78, 5) is 0. The molecule has 0 amide bonds. The highest BCUT2D eigenvalue weighted by molar-refractivity contribution is 7.58. The van der Waals surface area contributed by atoms with Crippen molar-refractivity contribution in [3.8, 4) is 17.1 Å². The number of nitrogens with zero attached hydrogens (tertiary/aromatic N) is 3. The highest BCUT2D eigenvalue weighted by Gasteiger charge is 2.11. The van der Waals surface area contributed by atoms with Crippen molar-refractivity contribution in [2.45, 2.75) is 5.16 Å². The van der Waals surface area contributed by atoms with Crippen molar-refractivity contribution in [1.82, 2.24) is 14.8 Å². The van der Waals surface area contributed by atoms with E-state index >= 15 is 0 Å². The largest absolute Gasteiger partial charge is 0.740 e. The van der Waals surface area contributed by atoms with Crippen molar-refractivity contribution in [3.63, 3.8) is 0 Å². The van der Waals surface area contributed by atoms with Gasteiger partial charge >= 0.3 is 0 Å². The molecular formula is C10H9ClN3OS-. The van der Waals surface area contributed by atoms with Gasteiger partial charge in [-0.3, -0.25) is 0 Å². The fourth-order valence-corrected chi connectivity index (χ4v) is 1.70. The summed E-state index contributed by atoms with van der Waals surface area (Å²) in [5.41, 5.74) is 0.779. The summed E-state index contributed by atoms with van der Waals surface area (Å²) in [6.45, 7) is 0. The van der Waals surface area contributed by atoms with Gasteiger partial charge in [-0.2, -0.15) is 5.10 Å². The number of rotatable bonds is 2. The molecule has 4 nitrogen and oxygen atoms in total. The summed E-state index contributed by atoms with van der Waals surface area (Å²) in [5.74, 6) is 1.33. The van der Waals surface area contributed by atoms with Crippen LogP contribution < -0.4 is 4.74 Å². The standard InChI is InChI=1S/C10H10ClN3OS/c1-14-9(12-13-10(14)16)7-5-6(11)3-4-8(7)15-2/h3-5H,1-2H3,(H,13,16)/p-1. The lowest BCUT2D eigenvalue weighted by Gasteiger charge is -2.10. The van der Waals surface area contributed by atoms with Gasteiger partial charge in [-0.15, -0.1) is 5.10 Å². The Labute approximate surface area is 104 Å². The topological polar surface area (TPSA) is 39.9 Å². The molecule has 0 aliphatic carbocycles.